The predicted molar refractivity (Wildman–Crippen MR) is 120 cm³/mol. The zero-order valence-electron chi connectivity index (χ0n) is 15.6. The minimum atomic E-state index is -2.83. The van der Waals surface area contributed by atoms with Gasteiger partial charge >= 0.3 is 0 Å². The van der Waals surface area contributed by atoms with E-state index in [1.807, 2.05) is 11.8 Å². The van der Waals surface area contributed by atoms with E-state index in [0.29, 0.717) is 23.5 Å². The van der Waals surface area contributed by atoms with Crippen LogP contribution in [0.2, 0.25) is 0 Å². The Kier molecular flexibility index (Phi) is 8.81. The van der Waals surface area contributed by atoms with Crippen LogP contribution in [0.25, 0.3) is 0 Å². The number of thioether (sulfide) groups is 1. The highest BCUT2D eigenvalue weighted by Crippen LogP contribution is 2.39. The standard InChI is InChI=1S/C17H31N3O3S2.HI/c1-24-10-6-18-16(19-12-15-2-11-25(21,22)13-15)20-7-3-17(14-20)4-8-23-9-5-17;/h15H,2-14H2,1H3,(H,18,19);1H. The fourth-order valence-corrected chi connectivity index (χ4v) is 6.25. The Bertz CT molecular complexity index is 580. The van der Waals surface area contributed by atoms with Gasteiger partial charge < -0.3 is 15.0 Å². The molecule has 1 spiro atoms. The van der Waals surface area contributed by atoms with Gasteiger partial charge in [0.15, 0.2) is 15.8 Å². The molecule has 0 aromatic rings. The van der Waals surface area contributed by atoms with E-state index in [9.17, 15) is 8.42 Å². The number of hydrogen-bond donors (Lipinski definition) is 1. The first kappa shape index (κ1) is 22.5. The summed E-state index contributed by atoms with van der Waals surface area (Å²) in [6, 6.07) is 0. The van der Waals surface area contributed by atoms with Crippen LogP contribution in [0.4, 0.5) is 0 Å². The zero-order valence-corrected chi connectivity index (χ0v) is 19.6. The maximum Gasteiger partial charge on any atom is 0.193 e. The second-order valence-corrected chi connectivity index (χ2v) is 10.9. The largest absolute Gasteiger partial charge is 0.381 e. The van der Waals surface area contributed by atoms with Crippen molar-refractivity contribution in [3.05, 3.63) is 0 Å². The van der Waals surface area contributed by atoms with Crippen molar-refractivity contribution in [2.45, 2.75) is 25.7 Å². The summed E-state index contributed by atoms with van der Waals surface area (Å²) in [6.45, 7) is 5.35. The van der Waals surface area contributed by atoms with Crippen molar-refractivity contribution in [2.75, 3.05) is 62.9 Å². The maximum absolute atomic E-state index is 11.7. The molecule has 3 rings (SSSR count). The van der Waals surface area contributed by atoms with Crippen LogP contribution >= 0.6 is 35.7 Å². The van der Waals surface area contributed by atoms with Crippen molar-refractivity contribution >= 4 is 51.5 Å². The van der Waals surface area contributed by atoms with Crippen LogP contribution in [0.15, 0.2) is 4.99 Å². The van der Waals surface area contributed by atoms with Crippen molar-refractivity contribution in [1.82, 2.24) is 10.2 Å². The Labute approximate surface area is 179 Å². The Balaban J connectivity index is 0.00000243. The fourth-order valence-electron chi connectivity index (χ4n) is 4.09. The molecule has 0 aliphatic carbocycles. The van der Waals surface area contributed by atoms with Crippen LogP contribution in [0.5, 0.6) is 0 Å². The molecule has 26 heavy (non-hydrogen) atoms. The lowest BCUT2D eigenvalue weighted by Crippen LogP contribution is -2.43. The molecular formula is C17H32IN3O3S2. The summed E-state index contributed by atoms with van der Waals surface area (Å²) in [5, 5.41) is 3.50. The second-order valence-electron chi connectivity index (χ2n) is 7.64. The zero-order chi connectivity index (χ0) is 17.8. The average molecular weight is 517 g/mol. The fraction of sp³-hybridized carbons (Fsp3) is 0.941. The number of halogens is 1. The van der Waals surface area contributed by atoms with Crippen LogP contribution in [0.3, 0.4) is 0 Å². The van der Waals surface area contributed by atoms with E-state index in [1.54, 1.807) is 0 Å². The van der Waals surface area contributed by atoms with E-state index in [4.69, 9.17) is 9.73 Å². The normalized spacial score (nSPS) is 27.5. The molecule has 3 aliphatic rings. The molecule has 1 atom stereocenters. The molecule has 0 radical (unpaired) electrons. The Hall–Kier alpha value is 0.260. The molecule has 0 saturated carbocycles. The summed E-state index contributed by atoms with van der Waals surface area (Å²) < 4.78 is 28.9. The van der Waals surface area contributed by atoms with Gasteiger partial charge in [0.2, 0.25) is 0 Å². The topological polar surface area (TPSA) is 71.0 Å². The third-order valence-electron chi connectivity index (χ3n) is 5.71. The van der Waals surface area contributed by atoms with Crippen molar-refractivity contribution < 1.29 is 13.2 Å². The Morgan fingerprint density at radius 1 is 1.35 bits per heavy atom. The number of likely N-dealkylation sites (tertiary alicyclic amines) is 1. The number of nitrogens with one attached hydrogen (secondary N) is 1. The molecule has 9 heteroatoms. The van der Waals surface area contributed by atoms with Crippen LogP contribution < -0.4 is 5.32 Å². The van der Waals surface area contributed by atoms with Gasteiger partial charge in [-0.2, -0.15) is 11.8 Å². The highest BCUT2D eigenvalue weighted by Gasteiger charge is 2.40. The van der Waals surface area contributed by atoms with Gasteiger partial charge in [-0.05, 0) is 43.3 Å². The van der Waals surface area contributed by atoms with Crippen molar-refractivity contribution in [2.24, 2.45) is 16.3 Å². The lowest BCUT2D eigenvalue weighted by Gasteiger charge is -2.33. The lowest BCUT2D eigenvalue weighted by molar-refractivity contribution is 0.0217. The minimum Gasteiger partial charge on any atom is -0.381 e. The summed E-state index contributed by atoms with van der Waals surface area (Å²) in [5.74, 6) is 2.83. The Morgan fingerprint density at radius 2 is 2.12 bits per heavy atom. The quantitative estimate of drug-likeness (QED) is 0.260. The van der Waals surface area contributed by atoms with E-state index in [-0.39, 0.29) is 29.9 Å². The van der Waals surface area contributed by atoms with Crippen LogP contribution in [-0.4, -0.2) is 82.2 Å². The maximum atomic E-state index is 11.7. The molecule has 3 heterocycles. The van der Waals surface area contributed by atoms with Gasteiger partial charge in [0.1, 0.15) is 0 Å². The number of hydrogen-bond acceptors (Lipinski definition) is 5. The van der Waals surface area contributed by atoms with Gasteiger partial charge in [0.25, 0.3) is 0 Å². The first-order valence-electron chi connectivity index (χ1n) is 9.32. The number of nitrogens with zero attached hydrogens (tertiary/aromatic N) is 2. The third kappa shape index (κ3) is 6.13. The average Bonchev–Trinajstić information content (AvgIpc) is 3.15. The van der Waals surface area contributed by atoms with E-state index < -0.39 is 9.84 Å². The van der Waals surface area contributed by atoms with Crippen molar-refractivity contribution in [3.63, 3.8) is 0 Å². The number of rotatable bonds is 5. The van der Waals surface area contributed by atoms with Crippen LogP contribution in [0.1, 0.15) is 25.7 Å². The summed E-state index contributed by atoms with van der Waals surface area (Å²) in [4.78, 5) is 7.21. The highest BCUT2D eigenvalue weighted by atomic mass is 127. The number of guanidine groups is 1. The lowest BCUT2D eigenvalue weighted by atomic mass is 9.80. The molecule has 0 amide bonds. The van der Waals surface area contributed by atoms with Gasteiger partial charge in [0, 0.05) is 45.1 Å². The van der Waals surface area contributed by atoms with E-state index >= 15 is 0 Å². The van der Waals surface area contributed by atoms with Gasteiger partial charge in [-0.15, -0.1) is 24.0 Å². The molecule has 152 valence electrons. The Morgan fingerprint density at radius 3 is 2.77 bits per heavy atom. The van der Waals surface area contributed by atoms with Crippen LogP contribution in [0, 0.1) is 11.3 Å². The molecule has 6 nitrogen and oxygen atoms in total. The first-order valence-corrected chi connectivity index (χ1v) is 12.5. The summed E-state index contributed by atoms with van der Waals surface area (Å²) in [7, 11) is -2.83. The molecule has 3 aliphatic heterocycles. The molecule has 1 unspecified atom stereocenters. The van der Waals surface area contributed by atoms with E-state index in [2.05, 4.69) is 16.5 Å². The third-order valence-corrected chi connectivity index (χ3v) is 8.16. The number of sulfone groups is 1. The summed E-state index contributed by atoms with van der Waals surface area (Å²) >= 11 is 1.82. The highest BCUT2D eigenvalue weighted by molar-refractivity contribution is 14.0. The molecule has 0 aromatic carbocycles. The van der Waals surface area contributed by atoms with Gasteiger partial charge in [-0.1, -0.05) is 0 Å². The molecule has 0 bridgehead atoms. The van der Waals surface area contributed by atoms with E-state index in [0.717, 1.165) is 63.8 Å². The molecule has 1 N–H and O–H groups in total. The number of ether oxygens (including phenoxy) is 1. The van der Waals surface area contributed by atoms with Crippen molar-refractivity contribution in [3.8, 4) is 0 Å². The predicted octanol–water partition coefficient (Wildman–Crippen LogP) is 1.85. The summed E-state index contributed by atoms with van der Waals surface area (Å²) in [6.07, 6.45) is 6.35. The van der Waals surface area contributed by atoms with Crippen LogP contribution in [-0.2, 0) is 14.6 Å². The van der Waals surface area contributed by atoms with Gasteiger partial charge in [-0.25, -0.2) is 8.42 Å². The summed E-state index contributed by atoms with van der Waals surface area (Å²) in [5.41, 5.74) is 0.386. The van der Waals surface area contributed by atoms with Crippen molar-refractivity contribution in [1.29, 1.82) is 0 Å². The SMILES string of the molecule is CSCCNC(=NCC1CCS(=O)(=O)C1)N1CCC2(CCOCC2)C1.I. The monoisotopic (exact) mass is 517 g/mol. The van der Waals surface area contributed by atoms with Gasteiger partial charge in [0.05, 0.1) is 11.5 Å². The first-order chi connectivity index (χ1) is 12.0. The minimum absolute atomic E-state index is 0. The molecule has 3 fully saturated rings. The molecular weight excluding hydrogens is 485 g/mol. The molecule has 0 aromatic heterocycles. The number of aliphatic imine (C=N–C) groups is 1. The van der Waals surface area contributed by atoms with Gasteiger partial charge in [-0.3, -0.25) is 4.99 Å². The second kappa shape index (κ2) is 10.2. The molecule has 3 saturated heterocycles. The van der Waals surface area contributed by atoms with E-state index in [1.165, 1.54) is 6.42 Å². The smallest absolute Gasteiger partial charge is 0.193 e.